The molecule has 8 heteroatoms. The molecule has 0 bridgehead atoms. The Morgan fingerprint density at radius 2 is 0.700 bits per heavy atom. The van der Waals surface area contributed by atoms with E-state index in [1.54, 1.807) is 12.4 Å². The van der Waals surface area contributed by atoms with Gasteiger partial charge in [0, 0.05) is 50.3 Å². The predicted molar refractivity (Wildman–Crippen MR) is 240 cm³/mol. The second-order valence-corrected chi connectivity index (χ2v) is 15.3. The minimum absolute atomic E-state index is 0.590. The summed E-state index contributed by atoms with van der Waals surface area (Å²) >= 11 is 0. The first-order valence-corrected chi connectivity index (χ1v) is 20.0. The lowest BCUT2D eigenvalue weighted by Gasteiger charge is -2.21. The number of fused-ring (bicyclic) bond motifs is 15. The Bertz CT molecular complexity index is 3910. The smallest absolute Gasteiger partial charge is 0.213 e. The number of nitrogens with zero attached hydrogens (tertiary/aromatic N) is 5. The summed E-state index contributed by atoms with van der Waals surface area (Å²) in [6, 6.07) is 56.7. The van der Waals surface area contributed by atoms with Gasteiger partial charge in [0.2, 0.25) is 17.1 Å². The zero-order chi connectivity index (χ0) is 39.1. The molecule has 0 amide bonds. The van der Waals surface area contributed by atoms with Gasteiger partial charge in [0.1, 0.15) is 16.7 Å². The molecule has 0 radical (unpaired) electrons. The van der Waals surface area contributed by atoms with E-state index < -0.39 is 0 Å². The highest BCUT2D eigenvalue weighted by atomic mass is 16.4. The molecule has 0 saturated heterocycles. The lowest BCUT2D eigenvalue weighted by Crippen LogP contribution is -2.10. The van der Waals surface area contributed by atoms with Crippen LogP contribution in [-0.2, 0) is 0 Å². The van der Waals surface area contributed by atoms with E-state index in [9.17, 15) is 0 Å². The van der Waals surface area contributed by atoms with Crippen LogP contribution in [0.5, 0.6) is 0 Å². The third kappa shape index (κ3) is 4.08. The molecule has 0 saturated carbocycles. The van der Waals surface area contributed by atoms with Crippen molar-refractivity contribution in [3.63, 3.8) is 0 Å². The number of furan rings is 3. The van der Waals surface area contributed by atoms with Crippen LogP contribution in [0.15, 0.2) is 189 Å². The lowest BCUT2D eigenvalue weighted by atomic mass is 10.1. The molecule has 0 spiro atoms. The molecule has 7 aromatic heterocycles. The van der Waals surface area contributed by atoms with Crippen molar-refractivity contribution >= 4 is 98.9 Å². The van der Waals surface area contributed by atoms with Gasteiger partial charge in [-0.2, -0.15) is 0 Å². The summed E-state index contributed by atoms with van der Waals surface area (Å²) < 4.78 is 27.7. The highest BCUT2D eigenvalue weighted by Crippen LogP contribution is 2.48. The second-order valence-electron chi connectivity index (χ2n) is 15.3. The average Bonchev–Trinajstić information content (AvgIpc) is 4.14. The van der Waals surface area contributed by atoms with Crippen LogP contribution in [0.2, 0.25) is 0 Å². The Hall–Kier alpha value is -8.36. The zero-order valence-electron chi connectivity index (χ0n) is 31.7. The molecular weight excluding hydrogens is 743 g/mol. The molecule has 0 N–H and O–H groups in total. The molecule has 14 aromatic rings. The fourth-order valence-electron chi connectivity index (χ4n) is 9.77. The highest BCUT2D eigenvalue weighted by Gasteiger charge is 2.30. The molecule has 8 nitrogen and oxygen atoms in total. The quantitative estimate of drug-likeness (QED) is 0.178. The number of hydrogen-bond acceptors (Lipinski definition) is 5. The number of benzene rings is 7. The van der Waals surface area contributed by atoms with E-state index in [0.29, 0.717) is 5.82 Å². The topological polar surface area (TPSA) is 80.0 Å². The van der Waals surface area contributed by atoms with Crippen LogP contribution in [0.25, 0.3) is 127 Å². The molecule has 0 unspecified atom stereocenters. The van der Waals surface area contributed by atoms with Crippen LogP contribution in [0.3, 0.4) is 0 Å². The maximum atomic E-state index is 7.00. The van der Waals surface area contributed by atoms with Crippen molar-refractivity contribution in [2.45, 2.75) is 0 Å². The van der Waals surface area contributed by atoms with Gasteiger partial charge in [0.05, 0.1) is 49.8 Å². The minimum atomic E-state index is 0.590. The Morgan fingerprint density at radius 3 is 1.13 bits per heavy atom. The zero-order valence-corrected chi connectivity index (χ0v) is 31.7. The van der Waals surface area contributed by atoms with Crippen molar-refractivity contribution in [3.8, 4) is 28.5 Å². The van der Waals surface area contributed by atoms with E-state index in [0.717, 1.165) is 122 Å². The van der Waals surface area contributed by atoms with E-state index in [-0.39, 0.29) is 0 Å². The lowest BCUT2D eigenvalue weighted by molar-refractivity contribution is 0.637. The van der Waals surface area contributed by atoms with Gasteiger partial charge in [-0.15, -0.1) is 0 Å². The van der Waals surface area contributed by atoms with Crippen LogP contribution in [0.1, 0.15) is 0 Å². The average molecular weight is 772 g/mol. The standard InChI is InChI=1S/C52H29N5O3/c1-7-20-37-31(14-1)45-34-17-4-10-23-42(34)58-50(45)55(37)40-28-30(49-53-26-13-27-54-49)29-41(56-38-21-8-2-15-32(38)46-35-18-5-11-24-43(35)59-51(46)56)48(40)57-39-22-9-3-16-33(39)47-36-19-6-12-25-44(36)60-52(47)57/h1-29H. The van der Waals surface area contributed by atoms with Crippen molar-refractivity contribution in [1.29, 1.82) is 0 Å². The van der Waals surface area contributed by atoms with Crippen molar-refractivity contribution in [2.75, 3.05) is 0 Å². The summed E-state index contributed by atoms with van der Waals surface area (Å²) in [6.45, 7) is 0. The van der Waals surface area contributed by atoms with Gasteiger partial charge in [-0.25, -0.2) is 9.97 Å². The Labute approximate surface area is 339 Å². The van der Waals surface area contributed by atoms with Gasteiger partial charge >= 0.3 is 0 Å². The fraction of sp³-hybridized carbons (Fsp3) is 0. The van der Waals surface area contributed by atoms with Crippen LogP contribution < -0.4 is 0 Å². The Balaban J connectivity index is 1.27. The molecule has 14 rings (SSSR count). The molecular formula is C52H29N5O3. The number of rotatable bonds is 4. The van der Waals surface area contributed by atoms with Gasteiger partial charge in [0.25, 0.3) is 0 Å². The van der Waals surface area contributed by atoms with Crippen molar-refractivity contribution in [2.24, 2.45) is 0 Å². The first-order valence-electron chi connectivity index (χ1n) is 20.0. The fourth-order valence-corrected chi connectivity index (χ4v) is 9.77. The van der Waals surface area contributed by atoms with E-state index in [1.807, 2.05) is 42.5 Å². The van der Waals surface area contributed by atoms with Gasteiger partial charge in [-0.3, -0.25) is 13.7 Å². The minimum Gasteiger partial charge on any atom is -0.439 e. The van der Waals surface area contributed by atoms with Gasteiger partial charge in [0.15, 0.2) is 5.82 Å². The van der Waals surface area contributed by atoms with Gasteiger partial charge < -0.3 is 13.3 Å². The third-order valence-electron chi connectivity index (χ3n) is 12.2. The van der Waals surface area contributed by atoms with Crippen molar-refractivity contribution in [3.05, 3.63) is 176 Å². The van der Waals surface area contributed by atoms with E-state index >= 15 is 0 Å². The highest BCUT2D eigenvalue weighted by molar-refractivity contribution is 6.23. The number of hydrogen-bond donors (Lipinski definition) is 0. The largest absolute Gasteiger partial charge is 0.439 e. The van der Waals surface area contributed by atoms with Crippen molar-refractivity contribution < 1.29 is 13.3 Å². The van der Waals surface area contributed by atoms with Gasteiger partial charge in [-0.1, -0.05) is 109 Å². The molecule has 0 aliphatic rings. The summed E-state index contributed by atoms with van der Waals surface area (Å²) in [5.74, 6) is 0.590. The molecule has 0 fully saturated rings. The number of para-hydroxylation sites is 6. The Kier molecular flexibility index (Phi) is 6.14. The van der Waals surface area contributed by atoms with E-state index in [1.165, 1.54) is 0 Å². The summed E-state index contributed by atoms with van der Waals surface area (Å²) in [6.07, 6.45) is 3.58. The number of aromatic nitrogens is 5. The maximum Gasteiger partial charge on any atom is 0.213 e. The molecule has 7 heterocycles. The summed E-state index contributed by atoms with van der Waals surface area (Å²) in [4.78, 5) is 9.66. The normalized spacial score (nSPS) is 12.3. The van der Waals surface area contributed by atoms with Crippen LogP contribution in [0, 0.1) is 0 Å². The Morgan fingerprint density at radius 1 is 0.350 bits per heavy atom. The van der Waals surface area contributed by atoms with Crippen LogP contribution in [-0.4, -0.2) is 23.7 Å². The van der Waals surface area contributed by atoms with Gasteiger partial charge in [-0.05, 0) is 54.6 Å². The van der Waals surface area contributed by atoms with Crippen LogP contribution in [0.4, 0.5) is 0 Å². The molecule has 0 atom stereocenters. The monoisotopic (exact) mass is 771 g/mol. The third-order valence-corrected chi connectivity index (χ3v) is 12.2. The first kappa shape index (κ1) is 31.7. The summed E-state index contributed by atoms with van der Waals surface area (Å²) in [7, 11) is 0. The molecule has 0 aliphatic heterocycles. The SMILES string of the molecule is c1cnc(-c2cc(-n3c4ccccc4c4c5ccccc5oc43)c(-n3c4ccccc4c4c5ccccc5oc43)c(-n3c4ccccc4c4c5ccccc5oc43)c2)nc1. The van der Waals surface area contributed by atoms with Crippen LogP contribution >= 0.6 is 0 Å². The molecule has 0 aliphatic carbocycles. The summed E-state index contributed by atoms with van der Waals surface area (Å²) in [5, 5.41) is 9.56. The first-order chi connectivity index (χ1) is 29.8. The van der Waals surface area contributed by atoms with E-state index in [2.05, 4.69) is 135 Å². The van der Waals surface area contributed by atoms with E-state index in [4.69, 9.17) is 23.2 Å². The molecule has 60 heavy (non-hydrogen) atoms. The molecule has 280 valence electrons. The maximum absolute atomic E-state index is 7.00. The summed E-state index contributed by atoms with van der Waals surface area (Å²) in [5.41, 5.74) is 11.0. The molecule has 7 aromatic carbocycles. The predicted octanol–water partition coefficient (Wildman–Crippen LogP) is 13.7. The second kappa shape index (κ2) is 11.6. The van der Waals surface area contributed by atoms with Crippen molar-refractivity contribution in [1.82, 2.24) is 23.7 Å².